The zero-order valence-corrected chi connectivity index (χ0v) is 24.7. The molecule has 1 aromatic heterocycles. The number of rotatable bonds is 11. The quantitative estimate of drug-likeness (QED) is 0.221. The first-order valence-electron chi connectivity index (χ1n) is 16.0. The average molecular weight is 513 g/mol. The first-order chi connectivity index (χ1) is 17.8. The van der Waals surface area contributed by atoms with Crippen LogP contribution < -0.4 is 0 Å². The molecule has 37 heavy (non-hydrogen) atoms. The van der Waals surface area contributed by atoms with Gasteiger partial charge in [0, 0.05) is 18.9 Å². The van der Waals surface area contributed by atoms with Gasteiger partial charge < -0.3 is 14.0 Å². The van der Waals surface area contributed by atoms with E-state index in [-0.39, 0.29) is 0 Å². The molecular weight excluding hydrogens is 456 g/mol. The minimum Gasteiger partial charge on any atom is -0.354 e. The van der Waals surface area contributed by atoms with E-state index in [0.29, 0.717) is 36.3 Å². The maximum Gasteiger partial charge on any atom is 0.147 e. The van der Waals surface area contributed by atoms with Gasteiger partial charge in [0.2, 0.25) is 0 Å². The van der Waals surface area contributed by atoms with Gasteiger partial charge in [0.25, 0.3) is 0 Å². The lowest BCUT2D eigenvalue weighted by Crippen LogP contribution is -2.53. The topological polar surface area (TPSA) is 36.3 Å². The second-order valence-electron chi connectivity index (χ2n) is 14.5. The molecule has 0 amide bonds. The maximum atomic E-state index is 6.71. The van der Waals surface area contributed by atoms with E-state index in [1.807, 2.05) is 18.7 Å². The number of imidazole rings is 1. The van der Waals surface area contributed by atoms with Gasteiger partial charge in [-0.1, -0.05) is 66.7 Å². The van der Waals surface area contributed by atoms with Crippen LogP contribution in [-0.2, 0) is 16.0 Å². The van der Waals surface area contributed by atoms with E-state index in [2.05, 4.69) is 44.2 Å². The van der Waals surface area contributed by atoms with Gasteiger partial charge in [0.05, 0.1) is 19.0 Å². The van der Waals surface area contributed by atoms with Crippen molar-refractivity contribution in [2.24, 2.45) is 52.3 Å². The minimum atomic E-state index is 0.355. The third kappa shape index (κ3) is 5.58. The Balaban J connectivity index is 1.28. The Morgan fingerprint density at radius 2 is 1.84 bits per heavy atom. The van der Waals surface area contributed by atoms with Crippen LogP contribution in [0.5, 0.6) is 0 Å². The van der Waals surface area contributed by atoms with E-state index >= 15 is 0 Å². The molecule has 0 spiro atoms. The molecule has 0 radical (unpaired) electrons. The first kappa shape index (κ1) is 27.7. The number of nitrogens with zero attached hydrogens (tertiary/aromatic N) is 2. The van der Waals surface area contributed by atoms with Crippen LogP contribution in [0.2, 0.25) is 0 Å². The summed E-state index contributed by atoms with van der Waals surface area (Å²) in [6.07, 6.45) is 23.2. The molecule has 4 fully saturated rings. The van der Waals surface area contributed by atoms with Crippen molar-refractivity contribution in [2.45, 2.75) is 124 Å². The van der Waals surface area contributed by atoms with Crippen LogP contribution in [0.4, 0.5) is 0 Å². The lowest BCUT2D eigenvalue weighted by atomic mass is 9.44. The molecule has 9 atom stereocenters. The van der Waals surface area contributed by atoms with Gasteiger partial charge in [-0.3, -0.25) is 0 Å². The van der Waals surface area contributed by atoms with E-state index in [1.54, 1.807) is 0 Å². The largest absolute Gasteiger partial charge is 0.354 e. The van der Waals surface area contributed by atoms with Crippen LogP contribution in [0.25, 0.3) is 0 Å². The summed E-state index contributed by atoms with van der Waals surface area (Å²) in [7, 11) is 0. The lowest BCUT2D eigenvalue weighted by Gasteiger charge is -2.60. The van der Waals surface area contributed by atoms with E-state index in [4.69, 9.17) is 9.47 Å². The lowest BCUT2D eigenvalue weighted by molar-refractivity contribution is -0.126. The van der Waals surface area contributed by atoms with Gasteiger partial charge in [0.1, 0.15) is 6.79 Å². The van der Waals surface area contributed by atoms with Crippen LogP contribution in [0.3, 0.4) is 0 Å². The molecule has 0 saturated heterocycles. The van der Waals surface area contributed by atoms with E-state index in [1.165, 1.54) is 77.0 Å². The Kier molecular flexibility index (Phi) is 8.76. The molecule has 1 aromatic rings. The summed E-state index contributed by atoms with van der Waals surface area (Å²) in [4.78, 5) is 4.14. The Morgan fingerprint density at radius 1 is 0.973 bits per heavy atom. The Labute approximate surface area is 227 Å². The number of fused-ring (bicyclic) bond motifs is 5. The molecule has 4 nitrogen and oxygen atoms in total. The standard InChI is InChI=1S/C33H56N2O2/c1-24(2)9-8-10-25(3)31-30(37-23-36-20-19-35-18-17-34-22-35)21-29-27-13-12-26-11-6-7-15-32(26,4)28(27)14-16-33(29,31)5/h17-18,22,24-31H,6-16,19-21,23H2,1-5H3/t25-,26?,27-,28+,29+,30?,31+,32+,33+/m1/s1. The maximum absolute atomic E-state index is 6.71. The number of hydrogen-bond acceptors (Lipinski definition) is 3. The van der Waals surface area contributed by atoms with E-state index in [0.717, 1.165) is 42.1 Å². The molecule has 0 aromatic carbocycles. The summed E-state index contributed by atoms with van der Waals surface area (Å²) in [6.45, 7) is 14.7. The molecule has 0 bridgehead atoms. The van der Waals surface area contributed by atoms with Crippen molar-refractivity contribution in [1.82, 2.24) is 9.55 Å². The Hall–Kier alpha value is -0.870. The molecule has 2 unspecified atom stereocenters. The summed E-state index contributed by atoms with van der Waals surface area (Å²) in [5.41, 5.74) is 1.04. The molecule has 5 rings (SSSR count). The van der Waals surface area contributed by atoms with Crippen LogP contribution in [-0.4, -0.2) is 29.1 Å². The second kappa shape index (κ2) is 11.7. The van der Waals surface area contributed by atoms with Gasteiger partial charge in [-0.25, -0.2) is 4.98 Å². The summed E-state index contributed by atoms with van der Waals surface area (Å²) < 4.78 is 14.8. The third-order valence-corrected chi connectivity index (χ3v) is 12.1. The monoisotopic (exact) mass is 512 g/mol. The highest BCUT2D eigenvalue weighted by Crippen LogP contribution is 2.68. The van der Waals surface area contributed by atoms with Crippen molar-refractivity contribution in [3.8, 4) is 0 Å². The fourth-order valence-electron chi connectivity index (χ4n) is 10.3. The van der Waals surface area contributed by atoms with E-state index in [9.17, 15) is 0 Å². The Morgan fingerprint density at radius 3 is 2.62 bits per heavy atom. The molecule has 0 N–H and O–H groups in total. The predicted octanol–water partition coefficient (Wildman–Crippen LogP) is 8.36. The summed E-state index contributed by atoms with van der Waals surface area (Å²) >= 11 is 0. The van der Waals surface area contributed by atoms with Crippen LogP contribution in [0, 0.1) is 52.3 Å². The van der Waals surface area contributed by atoms with Gasteiger partial charge in [0.15, 0.2) is 0 Å². The third-order valence-electron chi connectivity index (χ3n) is 12.1. The van der Waals surface area contributed by atoms with Crippen molar-refractivity contribution in [3.05, 3.63) is 18.7 Å². The highest BCUT2D eigenvalue weighted by molar-refractivity contribution is 5.11. The van der Waals surface area contributed by atoms with Crippen molar-refractivity contribution >= 4 is 0 Å². The van der Waals surface area contributed by atoms with Crippen LogP contribution in [0.15, 0.2) is 18.7 Å². The molecule has 0 aliphatic heterocycles. The average Bonchev–Trinajstić information content (AvgIpc) is 3.48. The smallest absolute Gasteiger partial charge is 0.147 e. The van der Waals surface area contributed by atoms with Crippen molar-refractivity contribution in [3.63, 3.8) is 0 Å². The molecule has 4 heteroatoms. The number of ether oxygens (including phenoxy) is 2. The van der Waals surface area contributed by atoms with Crippen molar-refractivity contribution in [2.75, 3.05) is 13.4 Å². The first-order valence-corrected chi connectivity index (χ1v) is 16.0. The fourth-order valence-corrected chi connectivity index (χ4v) is 10.3. The van der Waals surface area contributed by atoms with Crippen molar-refractivity contribution in [1.29, 1.82) is 0 Å². The number of hydrogen-bond donors (Lipinski definition) is 0. The van der Waals surface area contributed by atoms with E-state index < -0.39 is 0 Å². The van der Waals surface area contributed by atoms with Gasteiger partial charge in [-0.15, -0.1) is 0 Å². The molecule has 4 saturated carbocycles. The summed E-state index contributed by atoms with van der Waals surface area (Å²) in [5.74, 6) is 5.89. The minimum absolute atomic E-state index is 0.355. The zero-order chi connectivity index (χ0) is 26.0. The normalized spacial score (nSPS) is 40.3. The number of aromatic nitrogens is 2. The van der Waals surface area contributed by atoms with Crippen molar-refractivity contribution < 1.29 is 9.47 Å². The Bertz CT molecular complexity index is 839. The molecule has 1 heterocycles. The predicted molar refractivity (Wildman–Crippen MR) is 151 cm³/mol. The summed E-state index contributed by atoms with van der Waals surface area (Å²) in [6, 6.07) is 0. The van der Waals surface area contributed by atoms with Crippen LogP contribution >= 0.6 is 0 Å². The SMILES string of the molecule is CC(C)CCC[C@@H](C)[C@H]1C(OCOCCn2ccnc2)C[C@H]2[C@@H]3CCC4CCCC[C@]4(C)[C@H]3CC[C@]12C. The van der Waals surface area contributed by atoms with Gasteiger partial charge in [-0.2, -0.15) is 0 Å². The zero-order valence-electron chi connectivity index (χ0n) is 24.7. The highest BCUT2D eigenvalue weighted by Gasteiger charge is 2.62. The summed E-state index contributed by atoms with van der Waals surface area (Å²) in [5, 5.41) is 0. The van der Waals surface area contributed by atoms with Crippen LogP contribution in [0.1, 0.15) is 112 Å². The molecular formula is C33H56N2O2. The molecule has 210 valence electrons. The molecule has 4 aliphatic carbocycles. The van der Waals surface area contributed by atoms with Gasteiger partial charge >= 0.3 is 0 Å². The fraction of sp³-hybridized carbons (Fsp3) is 0.909. The van der Waals surface area contributed by atoms with Gasteiger partial charge in [-0.05, 0) is 97.2 Å². The molecule has 4 aliphatic rings. The highest BCUT2D eigenvalue weighted by atomic mass is 16.7. The second-order valence-corrected chi connectivity index (χ2v) is 14.5.